The number of nitrogens with one attached hydrogen (secondary N) is 1. The molecule has 108 valence electrons. The number of carbonyl (C=O) groups is 1. The number of hydrogen-bond donors (Lipinski definition) is 2. The zero-order chi connectivity index (χ0) is 13.9. The van der Waals surface area contributed by atoms with Crippen molar-refractivity contribution in [3.05, 3.63) is 29.8 Å². The van der Waals surface area contributed by atoms with Crippen LogP contribution in [-0.2, 0) is 4.74 Å². The number of hydrogen-bond acceptors (Lipinski definition) is 4. The highest BCUT2D eigenvalue weighted by Gasteiger charge is 2.31. The Morgan fingerprint density at radius 3 is 3.25 bits per heavy atom. The largest absolute Gasteiger partial charge is 0.478 e. The maximum absolute atomic E-state index is 10.9. The molecule has 0 aromatic heterocycles. The van der Waals surface area contributed by atoms with E-state index in [0.29, 0.717) is 18.2 Å². The number of rotatable bonds is 4. The lowest BCUT2D eigenvalue weighted by molar-refractivity contribution is -0.0415. The minimum absolute atomic E-state index is 0.179. The van der Waals surface area contributed by atoms with E-state index in [4.69, 9.17) is 9.84 Å². The zero-order valence-electron chi connectivity index (χ0n) is 11.4. The van der Waals surface area contributed by atoms with E-state index in [2.05, 4.69) is 10.2 Å². The Balaban J connectivity index is 1.54. The van der Waals surface area contributed by atoms with Crippen LogP contribution in [-0.4, -0.2) is 54.4 Å². The smallest absolute Gasteiger partial charge is 0.335 e. The molecule has 1 aromatic carbocycles. The maximum atomic E-state index is 10.9. The van der Waals surface area contributed by atoms with Crippen molar-refractivity contribution in [1.29, 1.82) is 0 Å². The number of benzene rings is 1. The number of aromatic carboxylic acids is 1. The van der Waals surface area contributed by atoms with Crippen molar-refractivity contribution in [3.63, 3.8) is 0 Å². The summed E-state index contributed by atoms with van der Waals surface area (Å²) in [5.74, 6) is -0.900. The van der Waals surface area contributed by atoms with E-state index in [1.807, 2.05) is 6.07 Å². The Morgan fingerprint density at radius 1 is 1.50 bits per heavy atom. The Kier molecular flexibility index (Phi) is 3.89. The second kappa shape index (κ2) is 5.81. The predicted molar refractivity (Wildman–Crippen MR) is 76.2 cm³/mol. The Bertz CT molecular complexity index is 492. The van der Waals surface area contributed by atoms with Gasteiger partial charge in [-0.3, -0.25) is 4.90 Å². The molecule has 0 radical (unpaired) electrons. The van der Waals surface area contributed by atoms with Gasteiger partial charge in [0.1, 0.15) is 0 Å². The molecule has 1 aromatic rings. The summed E-state index contributed by atoms with van der Waals surface area (Å²) in [5, 5.41) is 12.2. The standard InChI is InChI=1S/C15H20N2O3/c18-15(19)11-3-1-4-12(7-11)16-8-14-9-17-6-2-5-13(17)10-20-14/h1,3-4,7,13-14,16H,2,5-6,8-10H2,(H,18,19). The highest BCUT2D eigenvalue weighted by atomic mass is 16.5. The molecule has 0 saturated carbocycles. The summed E-state index contributed by atoms with van der Waals surface area (Å²) in [5.41, 5.74) is 1.14. The van der Waals surface area contributed by atoms with Gasteiger partial charge in [0, 0.05) is 24.8 Å². The van der Waals surface area contributed by atoms with Crippen molar-refractivity contribution >= 4 is 11.7 Å². The van der Waals surface area contributed by atoms with E-state index in [1.54, 1.807) is 18.2 Å². The van der Waals surface area contributed by atoms with Gasteiger partial charge in [0.05, 0.1) is 18.3 Å². The number of fused-ring (bicyclic) bond motifs is 1. The van der Waals surface area contributed by atoms with Crippen molar-refractivity contribution in [2.45, 2.75) is 25.0 Å². The van der Waals surface area contributed by atoms with Crippen LogP contribution in [0.25, 0.3) is 0 Å². The van der Waals surface area contributed by atoms with Gasteiger partial charge in [-0.1, -0.05) is 6.07 Å². The molecular weight excluding hydrogens is 256 g/mol. The SMILES string of the molecule is O=C(O)c1cccc(NCC2CN3CCCC3CO2)c1. The van der Waals surface area contributed by atoms with Gasteiger partial charge >= 0.3 is 5.97 Å². The summed E-state index contributed by atoms with van der Waals surface area (Å²) in [6, 6.07) is 7.50. The van der Waals surface area contributed by atoms with Gasteiger partial charge in [0.15, 0.2) is 0 Å². The average molecular weight is 276 g/mol. The highest BCUT2D eigenvalue weighted by molar-refractivity contribution is 5.88. The maximum Gasteiger partial charge on any atom is 0.335 e. The lowest BCUT2D eigenvalue weighted by Crippen LogP contribution is -2.48. The summed E-state index contributed by atoms with van der Waals surface area (Å²) in [4.78, 5) is 13.4. The third-order valence-electron chi connectivity index (χ3n) is 4.10. The fraction of sp³-hybridized carbons (Fsp3) is 0.533. The molecule has 0 spiro atoms. The van der Waals surface area contributed by atoms with Gasteiger partial charge in [-0.25, -0.2) is 4.79 Å². The highest BCUT2D eigenvalue weighted by Crippen LogP contribution is 2.22. The van der Waals surface area contributed by atoms with Gasteiger partial charge in [-0.15, -0.1) is 0 Å². The molecule has 0 aliphatic carbocycles. The number of nitrogens with zero attached hydrogens (tertiary/aromatic N) is 1. The number of anilines is 1. The molecule has 2 unspecified atom stereocenters. The van der Waals surface area contributed by atoms with Crippen molar-refractivity contribution in [2.75, 3.05) is 31.6 Å². The van der Waals surface area contributed by atoms with Crippen LogP contribution in [0.1, 0.15) is 23.2 Å². The lowest BCUT2D eigenvalue weighted by atomic mass is 10.1. The van der Waals surface area contributed by atoms with Crippen LogP contribution in [0.5, 0.6) is 0 Å². The van der Waals surface area contributed by atoms with Crippen LogP contribution >= 0.6 is 0 Å². The van der Waals surface area contributed by atoms with Crippen LogP contribution in [0.3, 0.4) is 0 Å². The quantitative estimate of drug-likeness (QED) is 0.875. The molecule has 2 atom stereocenters. The minimum Gasteiger partial charge on any atom is -0.478 e. The molecule has 0 bridgehead atoms. The van der Waals surface area contributed by atoms with E-state index in [-0.39, 0.29) is 6.10 Å². The number of morpholine rings is 1. The first-order chi connectivity index (χ1) is 9.72. The number of ether oxygens (including phenoxy) is 1. The first-order valence-electron chi connectivity index (χ1n) is 7.15. The molecule has 5 heteroatoms. The zero-order valence-corrected chi connectivity index (χ0v) is 11.4. The van der Waals surface area contributed by atoms with E-state index in [0.717, 1.165) is 18.8 Å². The summed E-state index contributed by atoms with van der Waals surface area (Å²) in [6.45, 7) is 3.68. The van der Waals surface area contributed by atoms with Gasteiger partial charge in [0.2, 0.25) is 0 Å². The molecule has 5 nitrogen and oxygen atoms in total. The summed E-state index contributed by atoms with van der Waals surface area (Å²) in [6.07, 6.45) is 2.70. The van der Waals surface area contributed by atoms with Crippen molar-refractivity contribution in [2.24, 2.45) is 0 Å². The van der Waals surface area contributed by atoms with Crippen LogP contribution in [0.2, 0.25) is 0 Å². The van der Waals surface area contributed by atoms with Crippen LogP contribution in [0.4, 0.5) is 5.69 Å². The van der Waals surface area contributed by atoms with Gasteiger partial charge in [-0.05, 0) is 37.6 Å². The number of carboxylic acids is 1. The van der Waals surface area contributed by atoms with Crippen molar-refractivity contribution in [3.8, 4) is 0 Å². The molecule has 2 heterocycles. The van der Waals surface area contributed by atoms with Crippen LogP contribution < -0.4 is 5.32 Å². The summed E-state index contributed by atoms with van der Waals surface area (Å²) < 4.78 is 5.87. The number of carboxylic acid groups (broad SMARTS) is 1. The Labute approximate surface area is 118 Å². The first kappa shape index (κ1) is 13.4. The second-order valence-electron chi connectivity index (χ2n) is 5.51. The molecule has 2 N–H and O–H groups in total. The fourth-order valence-corrected chi connectivity index (χ4v) is 3.00. The van der Waals surface area contributed by atoms with Crippen LogP contribution in [0, 0.1) is 0 Å². The van der Waals surface area contributed by atoms with Crippen molar-refractivity contribution < 1.29 is 14.6 Å². The second-order valence-corrected chi connectivity index (χ2v) is 5.51. The van der Waals surface area contributed by atoms with Crippen LogP contribution in [0.15, 0.2) is 24.3 Å². The van der Waals surface area contributed by atoms with E-state index < -0.39 is 5.97 Å². The molecule has 2 saturated heterocycles. The summed E-state index contributed by atoms with van der Waals surface area (Å²) in [7, 11) is 0. The summed E-state index contributed by atoms with van der Waals surface area (Å²) >= 11 is 0. The van der Waals surface area contributed by atoms with E-state index in [9.17, 15) is 4.79 Å². The average Bonchev–Trinajstić information content (AvgIpc) is 2.93. The fourth-order valence-electron chi connectivity index (χ4n) is 3.00. The molecule has 2 fully saturated rings. The van der Waals surface area contributed by atoms with E-state index >= 15 is 0 Å². The Hall–Kier alpha value is -1.59. The van der Waals surface area contributed by atoms with Gasteiger partial charge < -0.3 is 15.2 Å². The first-order valence-corrected chi connectivity index (χ1v) is 7.15. The monoisotopic (exact) mass is 276 g/mol. The third-order valence-corrected chi connectivity index (χ3v) is 4.10. The molecule has 0 amide bonds. The minimum atomic E-state index is -0.900. The molecule has 3 rings (SSSR count). The third kappa shape index (κ3) is 2.94. The van der Waals surface area contributed by atoms with Crippen molar-refractivity contribution in [1.82, 2.24) is 4.90 Å². The molecule has 20 heavy (non-hydrogen) atoms. The lowest BCUT2D eigenvalue weighted by Gasteiger charge is -2.35. The molecule has 2 aliphatic heterocycles. The molecule has 2 aliphatic rings. The predicted octanol–water partition coefficient (Wildman–Crippen LogP) is 1.66. The Morgan fingerprint density at radius 2 is 2.40 bits per heavy atom. The van der Waals surface area contributed by atoms with Gasteiger partial charge in [-0.2, -0.15) is 0 Å². The topological polar surface area (TPSA) is 61.8 Å². The van der Waals surface area contributed by atoms with Gasteiger partial charge in [0.25, 0.3) is 0 Å². The molecular formula is C15H20N2O3. The normalized spacial score (nSPS) is 26.2. The van der Waals surface area contributed by atoms with E-state index in [1.165, 1.54) is 19.4 Å².